The highest BCUT2D eigenvalue weighted by molar-refractivity contribution is 5.81. The molecule has 0 aliphatic carbocycles. The highest BCUT2D eigenvalue weighted by Gasteiger charge is 2.34. The van der Waals surface area contributed by atoms with E-state index in [9.17, 15) is 9.59 Å². The van der Waals surface area contributed by atoms with E-state index >= 15 is 0 Å². The second kappa shape index (κ2) is 8.04. The number of rotatable bonds is 7. The van der Waals surface area contributed by atoms with Gasteiger partial charge >= 0.3 is 5.97 Å². The third-order valence-corrected chi connectivity index (χ3v) is 4.13. The van der Waals surface area contributed by atoms with Crippen LogP contribution in [0.15, 0.2) is 0 Å². The van der Waals surface area contributed by atoms with Crippen molar-refractivity contribution in [2.24, 2.45) is 0 Å². The zero-order valence-corrected chi connectivity index (χ0v) is 13.3. The summed E-state index contributed by atoms with van der Waals surface area (Å²) in [5.41, 5.74) is -0.587. The summed E-state index contributed by atoms with van der Waals surface area (Å²) in [5, 5.41) is 2.93. The second-order valence-electron chi connectivity index (χ2n) is 5.36. The maximum atomic E-state index is 12.2. The smallest absolute Gasteiger partial charge is 0.323 e. The van der Waals surface area contributed by atoms with Crippen LogP contribution in [0.4, 0.5) is 0 Å². The number of nitrogens with one attached hydrogen (secondary N) is 1. The summed E-state index contributed by atoms with van der Waals surface area (Å²) in [5.74, 6) is 2.31. The monoisotopic (exact) mass is 294 g/mol. The van der Waals surface area contributed by atoms with Gasteiger partial charge < -0.3 is 10.1 Å². The summed E-state index contributed by atoms with van der Waals surface area (Å²) < 4.78 is 5.06. The predicted molar refractivity (Wildman–Crippen MR) is 81.5 cm³/mol. The van der Waals surface area contributed by atoms with Crippen LogP contribution in [0.2, 0.25) is 0 Å². The third-order valence-electron chi connectivity index (χ3n) is 4.13. The summed E-state index contributed by atoms with van der Waals surface area (Å²) in [6, 6.07) is -0.306. The van der Waals surface area contributed by atoms with Crippen molar-refractivity contribution >= 4 is 11.9 Å². The standard InChI is InChI=1S/C16H26N2O3/c1-5-16(6-2,7-3)17-14(19)12-18-11-9-10-13(18)15(20)21-8-4/h1,13H,6-12H2,2-4H3,(H,17,19). The minimum absolute atomic E-state index is 0.132. The Kier molecular flexibility index (Phi) is 6.70. The first-order chi connectivity index (χ1) is 10.0. The van der Waals surface area contributed by atoms with Gasteiger partial charge in [0.2, 0.25) is 5.91 Å². The molecule has 0 aromatic rings. The molecule has 0 aromatic heterocycles. The lowest BCUT2D eigenvalue weighted by Crippen LogP contribution is -2.51. The van der Waals surface area contributed by atoms with Gasteiger partial charge in [0.1, 0.15) is 11.6 Å². The van der Waals surface area contributed by atoms with E-state index in [2.05, 4.69) is 11.2 Å². The van der Waals surface area contributed by atoms with Crippen LogP contribution in [0, 0.1) is 12.3 Å². The van der Waals surface area contributed by atoms with Crippen molar-refractivity contribution in [3.63, 3.8) is 0 Å². The number of terminal acetylenes is 1. The zero-order chi connectivity index (χ0) is 15.9. The van der Waals surface area contributed by atoms with E-state index in [4.69, 9.17) is 11.2 Å². The molecule has 0 bridgehead atoms. The molecule has 5 nitrogen and oxygen atoms in total. The molecule has 1 saturated heterocycles. The van der Waals surface area contributed by atoms with Gasteiger partial charge in [-0.05, 0) is 39.2 Å². The van der Waals surface area contributed by atoms with Crippen molar-refractivity contribution in [2.45, 2.75) is 58.0 Å². The van der Waals surface area contributed by atoms with Crippen molar-refractivity contribution in [2.75, 3.05) is 19.7 Å². The van der Waals surface area contributed by atoms with Crippen LogP contribution in [-0.2, 0) is 14.3 Å². The molecule has 0 radical (unpaired) electrons. The molecule has 0 spiro atoms. The third kappa shape index (κ3) is 4.47. The molecule has 1 unspecified atom stereocenters. The fraction of sp³-hybridized carbons (Fsp3) is 0.750. The predicted octanol–water partition coefficient (Wildman–Crippen LogP) is 1.32. The van der Waals surface area contributed by atoms with Gasteiger partial charge in [-0.15, -0.1) is 6.42 Å². The molecule has 21 heavy (non-hydrogen) atoms. The van der Waals surface area contributed by atoms with Crippen LogP contribution >= 0.6 is 0 Å². The Hall–Kier alpha value is -1.54. The summed E-state index contributed by atoms with van der Waals surface area (Å²) in [6.45, 7) is 6.99. The van der Waals surface area contributed by atoms with E-state index in [0.717, 1.165) is 19.4 Å². The maximum absolute atomic E-state index is 12.2. The van der Waals surface area contributed by atoms with Gasteiger partial charge in [0.15, 0.2) is 0 Å². The van der Waals surface area contributed by atoms with Gasteiger partial charge in [-0.2, -0.15) is 0 Å². The van der Waals surface area contributed by atoms with Crippen LogP contribution < -0.4 is 5.32 Å². The Morgan fingerprint density at radius 1 is 1.38 bits per heavy atom. The average molecular weight is 294 g/mol. The quantitative estimate of drug-likeness (QED) is 0.568. The number of amides is 1. The Morgan fingerprint density at radius 2 is 2.05 bits per heavy atom. The van der Waals surface area contributed by atoms with Gasteiger partial charge in [0.05, 0.1) is 13.2 Å². The fourth-order valence-electron chi connectivity index (χ4n) is 2.68. The molecule has 1 N–H and O–H groups in total. The van der Waals surface area contributed by atoms with Crippen molar-refractivity contribution in [3.05, 3.63) is 0 Å². The van der Waals surface area contributed by atoms with Crippen LogP contribution in [0.25, 0.3) is 0 Å². The van der Waals surface area contributed by atoms with Gasteiger partial charge in [0, 0.05) is 0 Å². The Balaban J connectivity index is 2.61. The molecule has 5 heteroatoms. The number of carbonyl (C=O) groups excluding carboxylic acids is 2. The first kappa shape index (κ1) is 17.5. The molecular formula is C16H26N2O3. The second-order valence-corrected chi connectivity index (χ2v) is 5.36. The normalized spacial score (nSPS) is 19.0. The van der Waals surface area contributed by atoms with Gasteiger partial charge in [-0.3, -0.25) is 14.5 Å². The van der Waals surface area contributed by atoms with Crippen LogP contribution in [0.5, 0.6) is 0 Å². The molecular weight excluding hydrogens is 268 g/mol. The number of hydrogen-bond donors (Lipinski definition) is 1. The maximum Gasteiger partial charge on any atom is 0.323 e. The number of ether oxygens (including phenoxy) is 1. The topological polar surface area (TPSA) is 58.6 Å². The van der Waals surface area contributed by atoms with E-state index in [-0.39, 0.29) is 24.5 Å². The van der Waals surface area contributed by atoms with Crippen LogP contribution in [0.1, 0.15) is 46.5 Å². The first-order valence-corrected chi connectivity index (χ1v) is 7.71. The molecule has 118 valence electrons. The molecule has 0 saturated carbocycles. The molecule has 1 rings (SSSR count). The number of carbonyl (C=O) groups is 2. The van der Waals surface area contributed by atoms with Crippen molar-refractivity contribution in [1.29, 1.82) is 0 Å². The fourth-order valence-corrected chi connectivity index (χ4v) is 2.68. The Morgan fingerprint density at radius 3 is 2.57 bits per heavy atom. The molecule has 0 aromatic carbocycles. The summed E-state index contributed by atoms with van der Waals surface area (Å²) >= 11 is 0. The minimum Gasteiger partial charge on any atom is -0.465 e. The Bertz CT molecular complexity index is 410. The lowest BCUT2D eigenvalue weighted by atomic mass is 9.94. The highest BCUT2D eigenvalue weighted by Crippen LogP contribution is 2.19. The highest BCUT2D eigenvalue weighted by atomic mass is 16.5. The SMILES string of the molecule is C#CC(CC)(CC)NC(=O)CN1CCCC1C(=O)OCC. The van der Waals surface area contributed by atoms with Crippen molar-refractivity contribution in [1.82, 2.24) is 10.2 Å². The van der Waals surface area contributed by atoms with E-state index < -0.39 is 5.54 Å². The molecule has 1 fully saturated rings. The van der Waals surface area contributed by atoms with Gasteiger partial charge in [0.25, 0.3) is 0 Å². The van der Waals surface area contributed by atoms with E-state index in [1.807, 2.05) is 18.7 Å². The van der Waals surface area contributed by atoms with Crippen LogP contribution in [0.3, 0.4) is 0 Å². The van der Waals surface area contributed by atoms with E-state index in [1.165, 1.54) is 0 Å². The minimum atomic E-state index is -0.587. The lowest BCUT2D eigenvalue weighted by molar-refractivity contribution is -0.148. The molecule has 1 atom stereocenters. The first-order valence-electron chi connectivity index (χ1n) is 7.71. The largest absolute Gasteiger partial charge is 0.465 e. The molecule has 1 amide bonds. The number of likely N-dealkylation sites (tertiary alicyclic amines) is 1. The zero-order valence-electron chi connectivity index (χ0n) is 13.3. The number of esters is 1. The van der Waals surface area contributed by atoms with E-state index in [1.54, 1.807) is 6.92 Å². The van der Waals surface area contributed by atoms with Crippen molar-refractivity contribution in [3.8, 4) is 12.3 Å². The Labute approximate surface area is 127 Å². The van der Waals surface area contributed by atoms with Crippen LogP contribution in [-0.4, -0.2) is 48.1 Å². The van der Waals surface area contributed by atoms with Gasteiger partial charge in [-0.25, -0.2) is 0 Å². The number of hydrogen-bond acceptors (Lipinski definition) is 4. The van der Waals surface area contributed by atoms with E-state index in [0.29, 0.717) is 19.4 Å². The molecule has 1 aliphatic rings. The summed E-state index contributed by atoms with van der Waals surface area (Å²) in [4.78, 5) is 26.0. The lowest BCUT2D eigenvalue weighted by Gasteiger charge is -2.29. The number of nitrogens with zero attached hydrogens (tertiary/aromatic N) is 1. The summed E-state index contributed by atoms with van der Waals surface area (Å²) in [6.07, 6.45) is 8.57. The molecule has 1 aliphatic heterocycles. The van der Waals surface area contributed by atoms with Gasteiger partial charge in [-0.1, -0.05) is 19.8 Å². The molecule has 1 heterocycles. The average Bonchev–Trinajstić information content (AvgIpc) is 2.93. The summed E-state index contributed by atoms with van der Waals surface area (Å²) in [7, 11) is 0. The van der Waals surface area contributed by atoms with Crippen molar-refractivity contribution < 1.29 is 14.3 Å².